The lowest BCUT2D eigenvalue weighted by atomic mass is 10.1. The first-order valence-corrected chi connectivity index (χ1v) is 12.6. The lowest BCUT2D eigenvalue weighted by Gasteiger charge is -2.36. The second-order valence-corrected chi connectivity index (χ2v) is 11.4. The number of carbonyl (C=O) groups excluding carboxylic acids is 1. The van der Waals surface area contributed by atoms with Crippen molar-refractivity contribution < 1.29 is 18.1 Å². The zero-order valence-corrected chi connectivity index (χ0v) is 19.1. The quantitative estimate of drug-likeness (QED) is 0.732. The molecule has 3 rings (SSSR count). The summed E-state index contributed by atoms with van der Waals surface area (Å²) in [7, 11) is -3.00. The Labute approximate surface area is 175 Å². The minimum absolute atomic E-state index is 0.107. The maximum Gasteiger partial charge on any atom is 0.278 e. The van der Waals surface area contributed by atoms with Gasteiger partial charge >= 0.3 is 0 Å². The van der Waals surface area contributed by atoms with Crippen LogP contribution in [0, 0.1) is 19.8 Å². The predicted octanol–water partition coefficient (Wildman–Crippen LogP) is 0.680. The molecule has 2 fully saturated rings. The maximum absolute atomic E-state index is 13.1. The SMILES string of the molecule is Cc1cccc(N2CC[NH+](CC(=O)N(CC(C)C)[C@@H]3CCS(=O)(=O)C3)CC2)c1C. The number of nitrogens with zero attached hydrogens (tertiary/aromatic N) is 2. The molecule has 6 nitrogen and oxygen atoms in total. The van der Waals surface area contributed by atoms with Gasteiger partial charge in [0.25, 0.3) is 5.91 Å². The fourth-order valence-corrected chi connectivity index (χ4v) is 6.23. The van der Waals surface area contributed by atoms with E-state index in [2.05, 4.69) is 50.8 Å². The molecule has 162 valence electrons. The molecule has 1 aromatic carbocycles. The van der Waals surface area contributed by atoms with Crippen molar-refractivity contribution in [2.24, 2.45) is 5.92 Å². The number of quaternary nitrogens is 1. The summed E-state index contributed by atoms with van der Waals surface area (Å²) in [6.45, 7) is 13.3. The summed E-state index contributed by atoms with van der Waals surface area (Å²) in [5.41, 5.74) is 3.94. The summed E-state index contributed by atoms with van der Waals surface area (Å²) in [5.74, 6) is 0.775. The third-order valence-corrected chi connectivity index (χ3v) is 8.07. The van der Waals surface area contributed by atoms with Crippen molar-refractivity contribution in [2.45, 2.75) is 40.2 Å². The van der Waals surface area contributed by atoms with Gasteiger partial charge in [-0.3, -0.25) is 4.79 Å². The van der Waals surface area contributed by atoms with E-state index < -0.39 is 9.84 Å². The minimum Gasteiger partial charge on any atom is -0.360 e. The summed E-state index contributed by atoms with van der Waals surface area (Å²) in [6, 6.07) is 6.29. The van der Waals surface area contributed by atoms with Crippen LogP contribution in [0.1, 0.15) is 31.4 Å². The molecule has 0 unspecified atom stereocenters. The molecule has 0 spiro atoms. The van der Waals surface area contributed by atoms with Crippen LogP contribution in [0.15, 0.2) is 18.2 Å². The van der Waals surface area contributed by atoms with Gasteiger partial charge in [0.1, 0.15) is 0 Å². The molecule has 0 bridgehead atoms. The molecule has 1 aromatic rings. The highest BCUT2D eigenvalue weighted by molar-refractivity contribution is 7.91. The molecule has 1 atom stereocenters. The van der Waals surface area contributed by atoms with E-state index in [9.17, 15) is 13.2 Å². The predicted molar refractivity (Wildman–Crippen MR) is 117 cm³/mol. The van der Waals surface area contributed by atoms with E-state index in [1.807, 2.05) is 4.90 Å². The number of rotatable bonds is 6. The third-order valence-electron chi connectivity index (χ3n) is 6.32. The number of benzene rings is 1. The van der Waals surface area contributed by atoms with Gasteiger partial charge in [-0.25, -0.2) is 8.42 Å². The Kier molecular flexibility index (Phi) is 6.89. The summed E-state index contributed by atoms with van der Waals surface area (Å²) in [6.07, 6.45) is 0.580. The summed E-state index contributed by atoms with van der Waals surface area (Å²) < 4.78 is 23.8. The first-order chi connectivity index (χ1) is 13.7. The maximum atomic E-state index is 13.1. The number of anilines is 1. The standard InChI is InChI=1S/C22H35N3O3S/c1-17(2)14-25(20-8-13-29(27,28)16-20)22(26)15-23-9-11-24(12-10-23)21-7-5-6-18(3)19(21)4/h5-7,17,20H,8-16H2,1-4H3/p+1/t20-/m1/s1. The Hall–Kier alpha value is -1.60. The van der Waals surface area contributed by atoms with Gasteiger partial charge in [-0.1, -0.05) is 26.0 Å². The molecule has 2 aliphatic heterocycles. The lowest BCUT2D eigenvalue weighted by molar-refractivity contribution is -0.892. The van der Waals surface area contributed by atoms with Gasteiger partial charge in [0.15, 0.2) is 16.4 Å². The molecule has 2 aliphatic rings. The zero-order valence-electron chi connectivity index (χ0n) is 18.3. The van der Waals surface area contributed by atoms with Crippen LogP contribution in [0.25, 0.3) is 0 Å². The zero-order chi connectivity index (χ0) is 21.2. The normalized spacial score (nSPS) is 22.2. The van der Waals surface area contributed by atoms with Crippen molar-refractivity contribution in [3.63, 3.8) is 0 Å². The van der Waals surface area contributed by atoms with Crippen LogP contribution in [0.2, 0.25) is 0 Å². The van der Waals surface area contributed by atoms with Crippen molar-refractivity contribution in [2.75, 3.05) is 55.7 Å². The molecule has 2 saturated heterocycles. The molecule has 0 saturated carbocycles. The highest BCUT2D eigenvalue weighted by Crippen LogP contribution is 2.22. The van der Waals surface area contributed by atoms with Gasteiger partial charge in [-0.15, -0.1) is 0 Å². The average Bonchev–Trinajstić information content (AvgIpc) is 3.02. The van der Waals surface area contributed by atoms with Crippen LogP contribution in [0.3, 0.4) is 0 Å². The van der Waals surface area contributed by atoms with E-state index in [0.717, 1.165) is 26.2 Å². The number of sulfone groups is 1. The second kappa shape index (κ2) is 9.04. The Bertz CT molecular complexity index is 830. The molecule has 0 aliphatic carbocycles. The molecular formula is C22H36N3O3S+. The van der Waals surface area contributed by atoms with Crippen LogP contribution in [0.5, 0.6) is 0 Å². The smallest absolute Gasteiger partial charge is 0.278 e. The van der Waals surface area contributed by atoms with Crippen molar-refractivity contribution in [3.05, 3.63) is 29.3 Å². The van der Waals surface area contributed by atoms with Crippen molar-refractivity contribution >= 4 is 21.4 Å². The molecule has 1 N–H and O–H groups in total. The van der Waals surface area contributed by atoms with E-state index >= 15 is 0 Å². The molecule has 1 amide bonds. The van der Waals surface area contributed by atoms with E-state index in [-0.39, 0.29) is 23.5 Å². The third kappa shape index (κ3) is 5.51. The monoisotopic (exact) mass is 422 g/mol. The Morgan fingerprint density at radius 1 is 1.24 bits per heavy atom. The fourth-order valence-electron chi connectivity index (χ4n) is 4.50. The van der Waals surface area contributed by atoms with Crippen molar-refractivity contribution in [3.8, 4) is 0 Å². The molecule has 0 aromatic heterocycles. The number of aryl methyl sites for hydroxylation is 1. The molecule has 7 heteroatoms. The Morgan fingerprint density at radius 3 is 2.52 bits per heavy atom. The largest absolute Gasteiger partial charge is 0.360 e. The van der Waals surface area contributed by atoms with E-state index in [0.29, 0.717) is 25.4 Å². The van der Waals surface area contributed by atoms with Crippen molar-refractivity contribution in [1.82, 2.24) is 4.90 Å². The van der Waals surface area contributed by atoms with Crippen LogP contribution in [-0.2, 0) is 14.6 Å². The first-order valence-electron chi connectivity index (χ1n) is 10.8. The van der Waals surface area contributed by atoms with Gasteiger partial charge < -0.3 is 14.7 Å². The van der Waals surface area contributed by atoms with Gasteiger partial charge in [0.05, 0.1) is 37.7 Å². The van der Waals surface area contributed by atoms with Gasteiger partial charge in [0.2, 0.25) is 0 Å². The first kappa shape index (κ1) is 22.1. The van der Waals surface area contributed by atoms with Gasteiger partial charge in [-0.2, -0.15) is 0 Å². The van der Waals surface area contributed by atoms with Crippen molar-refractivity contribution in [1.29, 1.82) is 0 Å². The summed E-state index contributed by atoms with van der Waals surface area (Å²) in [5, 5.41) is 0. The van der Waals surface area contributed by atoms with Crippen LogP contribution < -0.4 is 9.80 Å². The number of nitrogens with one attached hydrogen (secondary N) is 1. The number of amides is 1. The van der Waals surface area contributed by atoms with E-state index in [4.69, 9.17) is 0 Å². The van der Waals surface area contributed by atoms with Crippen LogP contribution in [0.4, 0.5) is 5.69 Å². The number of hydrogen-bond donors (Lipinski definition) is 1. The van der Waals surface area contributed by atoms with E-state index in [1.165, 1.54) is 21.7 Å². The number of piperazine rings is 1. The summed E-state index contributed by atoms with van der Waals surface area (Å²) in [4.78, 5) is 18.7. The Balaban J connectivity index is 1.59. The topological polar surface area (TPSA) is 62.1 Å². The van der Waals surface area contributed by atoms with Gasteiger partial charge in [0, 0.05) is 18.3 Å². The van der Waals surface area contributed by atoms with E-state index in [1.54, 1.807) is 0 Å². The van der Waals surface area contributed by atoms with Crippen LogP contribution in [-0.4, -0.2) is 76.0 Å². The average molecular weight is 423 g/mol. The molecule has 2 heterocycles. The minimum atomic E-state index is -3.00. The lowest BCUT2D eigenvalue weighted by Crippen LogP contribution is -3.16. The number of carbonyl (C=O) groups is 1. The van der Waals surface area contributed by atoms with Gasteiger partial charge in [-0.05, 0) is 43.4 Å². The molecule has 29 heavy (non-hydrogen) atoms. The second-order valence-electron chi connectivity index (χ2n) is 9.13. The summed E-state index contributed by atoms with van der Waals surface area (Å²) >= 11 is 0. The highest BCUT2D eigenvalue weighted by Gasteiger charge is 2.36. The Morgan fingerprint density at radius 2 is 1.93 bits per heavy atom. The highest BCUT2D eigenvalue weighted by atomic mass is 32.2. The van der Waals surface area contributed by atoms with Crippen LogP contribution >= 0.6 is 0 Å². The fraction of sp³-hybridized carbons (Fsp3) is 0.682. The molecular weight excluding hydrogens is 386 g/mol. The number of hydrogen-bond acceptors (Lipinski definition) is 4. The molecule has 0 radical (unpaired) electrons.